The molecule has 0 unspecified atom stereocenters. The number of hydrogen-bond acceptors (Lipinski definition) is 6. The standard InChI is InChI=1S/C23H19N5O3S/c1-24-21(30)15-9-11-16(12-10-15)26-19(29)14-32-23-27-20-18(8-5-13-25-20)22(31)28(23)17-6-3-2-4-7-17/h2-13H,14H2,1H3,(H,24,30)(H,26,29). The number of rotatable bonds is 6. The van der Waals surface area contributed by atoms with Crippen molar-refractivity contribution < 1.29 is 9.59 Å². The molecule has 0 saturated heterocycles. The van der Waals surface area contributed by atoms with Gasteiger partial charge in [-0.25, -0.2) is 9.97 Å². The fraction of sp³-hybridized carbons (Fsp3) is 0.0870. The van der Waals surface area contributed by atoms with Gasteiger partial charge in [0.05, 0.1) is 16.8 Å². The van der Waals surface area contributed by atoms with Gasteiger partial charge in [0.15, 0.2) is 10.8 Å². The number of nitrogens with one attached hydrogen (secondary N) is 2. The van der Waals surface area contributed by atoms with E-state index in [0.29, 0.717) is 33.1 Å². The van der Waals surface area contributed by atoms with Crippen molar-refractivity contribution in [2.24, 2.45) is 0 Å². The minimum absolute atomic E-state index is 0.0365. The molecule has 160 valence electrons. The van der Waals surface area contributed by atoms with E-state index in [1.165, 1.54) is 4.57 Å². The number of thioether (sulfide) groups is 1. The van der Waals surface area contributed by atoms with E-state index in [-0.39, 0.29) is 23.1 Å². The monoisotopic (exact) mass is 445 g/mol. The number of nitrogens with zero attached hydrogens (tertiary/aromatic N) is 3. The number of pyridine rings is 1. The van der Waals surface area contributed by atoms with Crippen LogP contribution in [0.2, 0.25) is 0 Å². The Labute approximate surface area is 187 Å². The van der Waals surface area contributed by atoms with Gasteiger partial charge in [0, 0.05) is 24.5 Å². The molecule has 0 atom stereocenters. The second-order valence-electron chi connectivity index (χ2n) is 6.74. The lowest BCUT2D eigenvalue weighted by Gasteiger charge is -2.13. The molecular formula is C23H19N5O3S. The maximum atomic E-state index is 13.1. The summed E-state index contributed by atoms with van der Waals surface area (Å²) in [5, 5.41) is 6.11. The molecule has 0 fully saturated rings. The normalized spacial score (nSPS) is 10.7. The van der Waals surface area contributed by atoms with Crippen LogP contribution in [-0.2, 0) is 4.79 Å². The van der Waals surface area contributed by atoms with Crippen molar-refractivity contribution in [3.63, 3.8) is 0 Å². The maximum Gasteiger partial charge on any atom is 0.268 e. The number of para-hydroxylation sites is 1. The molecule has 2 amide bonds. The van der Waals surface area contributed by atoms with Gasteiger partial charge in [-0.1, -0.05) is 30.0 Å². The molecule has 0 bridgehead atoms. The Bertz CT molecular complexity index is 1340. The first kappa shape index (κ1) is 21.3. The second-order valence-corrected chi connectivity index (χ2v) is 7.68. The van der Waals surface area contributed by atoms with Crippen molar-refractivity contribution in [2.45, 2.75) is 5.16 Å². The third-order valence-corrected chi connectivity index (χ3v) is 5.56. The Morgan fingerprint density at radius 3 is 2.47 bits per heavy atom. The zero-order valence-corrected chi connectivity index (χ0v) is 17.9. The number of aromatic nitrogens is 3. The number of carbonyl (C=O) groups excluding carboxylic acids is 2. The smallest absolute Gasteiger partial charge is 0.268 e. The summed E-state index contributed by atoms with van der Waals surface area (Å²) < 4.78 is 1.49. The summed E-state index contributed by atoms with van der Waals surface area (Å²) in [6.45, 7) is 0. The number of amides is 2. The SMILES string of the molecule is CNC(=O)c1ccc(NC(=O)CSc2nc3ncccc3c(=O)n2-c2ccccc2)cc1. The van der Waals surface area contributed by atoms with Gasteiger partial charge in [0.25, 0.3) is 11.5 Å². The summed E-state index contributed by atoms with van der Waals surface area (Å²) in [6.07, 6.45) is 1.57. The van der Waals surface area contributed by atoms with Crippen LogP contribution in [0.5, 0.6) is 0 Å². The van der Waals surface area contributed by atoms with Crippen LogP contribution in [0.25, 0.3) is 16.7 Å². The Kier molecular flexibility index (Phi) is 6.27. The minimum Gasteiger partial charge on any atom is -0.355 e. The Morgan fingerprint density at radius 1 is 1.00 bits per heavy atom. The van der Waals surface area contributed by atoms with Crippen LogP contribution in [-0.4, -0.2) is 39.1 Å². The Morgan fingerprint density at radius 2 is 1.75 bits per heavy atom. The van der Waals surface area contributed by atoms with E-state index in [1.54, 1.807) is 49.6 Å². The van der Waals surface area contributed by atoms with Crippen molar-refractivity contribution in [1.82, 2.24) is 19.9 Å². The lowest BCUT2D eigenvalue weighted by molar-refractivity contribution is -0.113. The predicted molar refractivity (Wildman–Crippen MR) is 124 cm³/mol. The molecule has 0 aliphatic heterocycles. The molecule has 32 heavy (non-hydrogen) atoms. The van der Waals surface area contributed by atoms with Crippen LogP contribution < -0.4 is 16.2 Å². The lowest BCUT2D eigenvalue weighted by Crippen LogP contribution is -2.23. The third-order valence-electron chi connectivity index (χ3n) is 4.62. The average Bonchev–Trinajstić information content (AvgIpc) is 2.83. The van der Waals surface area contributed by atoms with E-state index >= 15 is 0 Å². The Hall–Kier alpha value is -3.98. The zero-order chi connectivity index (χ0) is 22.5. The molecule has 2 N–H and O–H groups in total. The lowest BCUT2D eigenvalue weighted by atomic mass is 10.2. The van der Waals surface area contributed by atoms with Gasteiger partial charge in [-0.05, 0) is 48.5 Å². The van der Waals surface area contributed by atoms with Crippen LogP contribution in [0.15, 0.2) is 82.9 Å². The third kappa shape index (κ3) is 4.52. The molecule has 2 aromatic carbocycles. The van der Waals surface area contributed by atoms with Gasteiger partial charge in [-0.15, -0.1) is 0 Å². The van der Waals surface area contributed by atoms with Gasteiger partial charge in [0.2, 0.25) is 5.91 Å². The van der Waals surface area contributed by atoms with E-state index in [0.717, 1.165) is 11.8 Å². The largest absolute Gasteiger partial charge is 0.355 e. The first-order valence-corrected chi connectivity index (χ1v) is 10.7. The molecule has 0 aliphatic rings. The molecule has 2 aromatic heterocycles. The molecule has 0 spiro atoms. The highest BCUT2D eigenvalue weighted by Crippen LogP contribution is 2.21. The first-order valence-electron chi connectivity index (χ1n) is 9.75. The van der Waals surface area contributed by atoms with Crippen molar-refractivity contribution >= 4 is 40.3 Å². The zero-order valence-electron chi connectivity index (χ0n) is 17.1. The number of benzene rings is 2. The van der Waals surface area contributed by atoms with Crippen LogP contribution in [0.1, 0.15) is 10.4 Å². The highest BCUT2D eigenvalue weighted by molar-refractivity contribution is 7.99. The predicted octanol–water partition coefficient (Wildman–Crippen LogP) is 2.87. The van der Waals surface area contributed by atoms with E-state index in [2.05, 4.69) is 20.6 Å². The minimum atomic E-state index is -0.266. The molecule has 2 heterocycles. The number of fused-ring (bicyclic) bond motifs is 1. The molecule has 0 radical (unpaired) electrons. The van der Waals surface area contributed by atoms with Crippen LogP contribution >= 0.6 is 11.8 Å². The summed E-state index contributed by atoms with van der Waals surface area (Å²) >= 11 is 1.15. The quantitative estimate of drug-likeness (QED) is 0.349. The van der Waals surface area contributed by atoms with Crippen molar-refractivity contribution in [1.29, 1.82) is 0 Å². The molecule has 0 saturated carbocycles. The summed E-state index contributed by atoms with van der Waals surface area (Å²) in [6, 6.07) is 19.1. The topological polar surface area (TPSA) is 106 Å². The maximum absolute atomic E-state index is 13.1. The summed E-state index contributed by atoms with van der Waals surface area (Å²) in [4.78, 5) is 46.0. The van der Waals surface area contributed by atoms with Crippen molar-refractivity contribution in [3.05, 3.63) is 88.8 Å². The van der Waals surface area contributed by atoms with Crippen molar-refractivity contribution in [3.8, 4) is 5.69 Å². The number of hydrogen-bond donors (Lipinski definition) is 2. The number of anilines is 1. The molecular weight excluding hydrogens is 426 g/mol. The highest BCUT2D eigenvalue weighted by atomic mass is 32.2. The van der Waals surface area contributed by atoms with Crippen molar-refractivity contribution in [2.75, 3.05) is 18.1 Å². The van der Waals surface area contributed by atoms with Crippen LogP contribution in [0.4, 0.5) is 5.69 Å². The summed E-state index contributed by atoms with van der Waals surface area (Å²) in [5.41, 5.74) is 1.80. The fourth-order valence-corrected chi connectivity index (χ4v) is 3.88. The summed E-state index contributed by atoms with van der Waals surface area (Å²) in [7, 11) is 1.56. The average molecular weight is 446 g/mol. The van der Waals surface area contributed by atoms with E-state index in [4.69, 9.17) is 0 Å². The van der Waals surface area contributed by atoms with Gasteiger partial charge in [-0.2, -0.15) is 0 Å². The van der Waals surface area contributed by atoms with Crippen LogP contribution in [0.3, 0.4) is 0 Å². The molecule has 8 nitrogen and oxygen atoms in total. The Balaban J connectivity index is 1.57. The van der Waals surface area contributed by atoms with Gasteiger partial charge >= 0.3 is 0 Å². The first-order chi connectivity index (χ1) is 15.6. The highest BCUT2D eigenvalue weighted by Gasteiger charge is 2.15. The van der Waals surface area contributed by atoms with Gasteiger partial charge in [-0.3, -0.25) is 19.0 Å². The number of carbonyl (C=O) groups is 2. The van der Waals surface area contributed by atoms with Gasteiger partial charge < -0.3 is 10.6 Å². The molecule has 4 aromatic rings. The molecule has 9 heteroatoms. The molecule has 4 rings (SSSR count). The summed E-state index contributed by atoms with van der Waals surface area (Å²) in [5.74, 6) is -0.430. The van der Waals surface area contributed by atoms with Gasteiger partial charge in [0.1, 0.15) is 0 Å². The fourth-order valence-electron chi connectivity index (χ4n) is 3.08. The molecule has 0 aliphatic carbocycles. The van der Waals surface area contributed by atoms with E-state index in [9.17, 15) is 14.4 Å². The van der Waals surface area contributed by atoms with Crippen LogP contribution in [0, 0.1) is 0 Å². The second kappa shape index (κ2) is 9.44. The van der Waals surface area contributed by atoms with E-state index in [1.807, 2.05) is 30.3 Å². The van der Waals surface area contributed by atoms with E-state index < -0.39 is 0 Å².